The smallest absolute Gasteiger partial charge is 0.291 e. The van der Waals surface area contributed by atoms with Crippen molar-refractivity contribution in [2.75, 3.05) is 17.2 Å². The Morgan fingerprint density at radius 3 is 2.46 bits per heavy atom. The Balaban J connectivity index is 1.53. The number of carbonyl (C=O) groups excluding carboxylic acids is 2. The summed E-state index contributed by atoms with van der Waals surface area (Å²) >= 11 is 6.20. The van der Waals surface area contributed by atoms with Gasteiger partial charge in [-0.1, -0.05) is 17.7 Å². The molecule has 144 valence electrons. The van der Waals surface area contributed by atoms with Crippen LogP contribution in [0.5, 0.6) is 5.75 Å². The zero-order chi connectivity index (χ0) is 20.1. The number of halogens is 1. The van der Waals surface area contributed by atoms with E-state index in [-0.39, 0.29) is 24.2 Å². The number of nitrogens with one attached hydrogen (secondary N) is 2. The fourth-order valence-electron chi connectivity index (χ4n) is 2.63. The fourth-order valence-corrected chi connectivity index (χ4v) is 3.00. The van der Waals surface area contributed by atoms with Crippen molar-refractivity contribution < 1.29 is 18.7 Å². The van der Waals surface area contributed by atoms with Crippen LogP contribution in [0, 0.1) is 13.8 Å². The van der Waals surface area contributed by atoms with Gasteiger partial charge in [-0.3, -0.25) is 9.59 Å². The summed E-state index contributed by atoms with van der Waals surface area (Å²) in [5.41, 5.74) is 3.07. The van der Waals surface area contributed by atoms with Gasteiger partial charge in [0, 0.05) is 5.69 Å². The van der Waals surface area contributed by atoms with E-state index >= 15 is 0 Å². The van der Waals surface area contributed by atoms with Crippen molar-refractivity contribution in [1.29, 1.82) is 0 Å². The summed E-state index contributed by atoms with van der Waals surface area (Å²) in [6, 6.07) is 13.6. The number of amides is 2. The predicted molar refractivity (Wildman–Crippen MR) is 108 cm³/mol. The Kier molecular flexibility index (Phi) is 6.01. The third-order valence-electron chi connectivity index (χ3n) is 3.92. The number of benzene rings is 2. The lowest BCUT2D eigenvalue weighted by Crippen LogP contribution is -2.21. The molecular formula is C21H19ClN2O4. The Labute approximate surface area is 167 Å². The van der Waals surface area contributed by atoms with Crippen LogP contribution in [-0.2, 0) is 4.79 Å². The van der Waals surface area contributed by atoms with Crippen LogP contribution in [0.2, 0.25) is 5.02 Å². The van der Waals surface area contributed by atoms with Crippen molar-refractivity contribution in [3.05, 3.63) is 76.7 Å². The first-order chi connectivity index (χ1) is 13.4. The summed E-state index contributed by atoms with van der Waals surface area (Å²) in [5.74, 6) is 0.0624. The van der Waals surface area contributed by atoms with Crippen LogP contribution in [0.4, 0.5) is 11.4 Å². The van der Waals surface area contributed by atoms with Crippen LogP contribution < -0.4 is 15.4 Å². The van der Waals surface area contributed by atoms with Crippen LogP contribution >= 0.6 is 11.6 Å². The molecule has 6 nitrogen and oxygen atoms in total. The highest BCUT2D eigenvalue weighted by Gasteiger charge is 2.11. The largest absolute Gasteiger partial charge is 0.484 e. The Hall–Kier alpha value is -3.25. The second-order valence-electron chi connectivity index (χ2n) is 6.23. The number of carbonyl (C=O) groups is 2. The summed E-state index contributed by atoms with van der Waals surface area (Å²) in [5, 5.41) is 5.96. The van der Waals surface area contributed by atoms with E-state index in [0.717, 1.165) is 11.1 Å². The average molecular weight is 399 g/mol. The summed E-state index contributed by atoms with van der Waals surface area (Å²) in [4.78, 5) is 24.1. The first-order valence-corrected chi connectivity index (χ1v) is 8.94. The maximum absolute atomic E-state index is 12.2. The molecule has 0 saturated carbocycles. The van der Waals surface area contributed by atoms with Crippen molar-refractivity contribution in [2.45, 2.75) is 13.8 Å². The summed E-state index contributed by atoms with van der Waals surface area (Å²) in [6.07, 6.45) is 1.43. The Morgan fingerprint density at radius 2 is 1.82 bits per heavy atom. The first-order valence-electron chi connectivity index (χ1n) is 8.56. The minimum atomic E-state index is -0.344. The normalized spacial score (nSPS) is 10.4. The van der Waals surface area contributed by atoms with Gasteiger partial charge < -0.3 is 19.8 Å². The van der Waals surface area contributed by atoms with Gasteiger partial charge in [0.1, 0.15) is 5.75 Å². The van der Waals surface area contributed by atoms with Gasteiger partial charge in [-0.2, -0.15) is 0 Å². The van der Waals surface area contributed by atoms with Gasteiger partial charge in [0.15, 0.2) is 12.4 Å². The number of anilines is 2. The summed E-state index contributed by atoms with van der Waals surface area (Å²) < 4.78 is 10.5. The molecule has 2 aromatic carbocycles. The zero-order valence-corrected chi connectivity index (χ0v) is 16.2. The molecule has 3 rings (SSSR count). The van der Waals surface area contributed by atoms with E-state index in [4.69, 9.17) is 20.8 Å². The highest BCUT2D eigenvalue weighted by molar-refractivity contribution is 6.34. The standard InChI is InChI=1S/C21H19ClN2O4/c1-13-10-14(2)20(17(22)11-13)24-19(25)12-28-16-7-5-15(6-8-16)23-21(26)18-4-3-9-27-18/h3-11H,12H2,1-2H3,(H,23,26)(H,24,25). The second-order valence-corrected chi connectivity index (χ2v) is 6.64. The molecule has 1 heterocycles. The van der Waals surface area contributed by atoms with E-state index in [1.807, 2.05) is 19.9 Å². The molecule has 3 aromatic rings. The van der Waals surface area contributed by atoms with E-state index in [9.17, 15) is 9.59 Å². The maximum Gasteiger partial charge on any atom is 0.291 e. The first kappa shape index (κ1) is 19.5. The van der Waals surface area contributed by atoms with Crippen LogP contribution in [0.15, 0.2) is 59.2 Å². The molecule has 0 bridgehead atoms. The molecule has 28 heavy (non-hydrogen) atoms. The van der Waals surface area contributed by atoms with Gasteiger partial charge in [0.25, 0.3) is 11.8 Å². The third kappa shape index (κ3) is 4.92. The number of hydrogen-bond acceptors (Lipinski definition) is 4. The number of hydrogen-bond donors (Lipinski definition) is 2. The molecule has 0 aliphatic carbocycles. The lowest BCUT2D eigenvalue weighted by molar-refractivity contribution is -0.118. The van der Waals surface area contributed by atoms with Gasteiger partial charge in [0.05, 0.1) is 17.0 Å². The molecule has 7 heteroatoms. The maximum atomic E-state index is 12.2. The van der Waals surface area contributed by atoms with E-state index in [0.29, 0.717) is 22.1 Å². The summed E-state index contributed by atoms with van der Waals surface area (Å²) in [6.45, 7) is 3.65. The number of ether oxygens (including phenoxy) is 1. The van der Waals surface area contributed by atoms with E-state index < -0.39 is 0 Å². The molecule has 0 aliphatic heterocycles. The Bertz CT molecular complexity index is 959. The number of furan rings is 1. The van der Waals surface area contributed by atoms with Crippen molar-refractivity contribution in [3.8, 4) is 5.75 Å². The van der Waals surface area contributed by atoms with Crippen LogP contribution in [0.25, 0.3) is 0 Å². The molecular weight excluding hydrogens is 380 g/mol. The molecule has 1 aromatic heterocycles. The molecule has 0 spiro atoms. The van der Waals surface area contributed by atoms with Crippen molar-refractivity contribution in [2.24, 2.45) is 0 Å². The number of aryl methyl sites for hydroxylation is 2. The molecule has 0 saturated heterocycles. The van der Waals surface area contributed by atoms with Crippen molar-refractivity contribution >= 4 is 34.8 Å². The van der Waals surface area contributed by atoms with E-state index in [1.165, 1.54) is 6.26 Å². The van der Waals surface area contributed by atoms with Crippen molar-refractivity contribution in [1.82, 2.24) is 0 Å². The molecule has 2 amide bonds. The SMILES string of the molecule is Cc1cc(C)c(NC(=O)COc2ccc(NC(=O)c3ccco3)cc2)c(Cl)c1. The third-order valence-corrected chi connectivity index (χ3v) is 4.22. The molecule has 2 N–H and O–H groups in total. The minimum absolute atomic E-state index is 0.165. The topological polar surface area (TPSA) is 80.6 Å². The van der Waals surface area contributed by atoms with E-state index in [2.05, 4.69) is 10.6 Å². The van der Waals surface area contributed by atoms with Gasteiger partial charge >= 0.3 is 0 Å². The molecule has 0 fully saturated rings. The van der Waals surface area contributed by atoms with Crippen LogP contribution in [0.1, 0.15) is 21.7 Å². The zero-order valence-electron chi connectivity index (χ0n) is 15.4. The van der Waals surface area contributed by atoms with Crippen LogP contribution in [0.3, 0.4) is 0 Å². The van der Waals surface area contributed by atoms with Gasteiger partial charge in [-0.25, -0.2) is 0 Å². The monoisotopic (exact) mass is 398 g/mol. The average Bonchev–Trinajstić information content (AvgIpc) is 3.19. The van der Waals surface area contributed by atoms with E-state index in [1.54, 1.807) is 42.5 Å². The molecule has 0 unspecified atom stereocenters. The lowest BCUT2D eigenvalue weighted by atomic mass is 10.1. The van der Waals surface area contributed by atoms with Gasteiger partial charge in [0.2, 0.25) is 0 Å². The highest BCUT2D eigenvalue weighted by atomic mass is 35.5. The molecule has 0 atom stereocenters. The van der Waals surface area contributed by atoms with Crippen LogP contribution in [-0.4, -0.2) is 18.4 Å². The second kappa shape index (κ2) is 8.63. The summed E-state index contributed by atoms with van der Waals surface area (Å²) in [7, 11) is 0. The van der Waals surface area contributed by atoms with Gasteiger partial charge in [-0.05, 0) is 67.4 Å². The predicted octanol–water partition coefficient (Wildman–Crippen LogP) is 4.82. The molecule has 0 radical (unpaired) electrons. The number of rotatable bonds is 6. The van der Waals surface area contributed by atoms with Crippen molar-refractivity contribution in [3.63, 3.8) is 0 Å². The minimum Gasteiger partial charge on any atom is -0.484 e. The Morgan fingerprint density at radius 1 is 1.07 bits per heavy atom. The lowest BCUT2D eigenvalue weighted by Gasteiger charge is -2.12. The quantitative estimate of drug-likeness (QED) is 0.623. The highest BCUT2D eigenvalue weighted by Crippen LogP contribution is 2.27. The fraction of sp³-hybridized carbons (Fsp3) is 0.143. The molecule has 0 aliphatic rings. The van der Waals surface area contributed by atoms with Gasteiger partial charge in [-0.15, -0.1) is 0 Å².